The topological polar surface area (TPSA) is 122 Å². The molecule has 0 bridgehead atoms. The Hall–Kier alpha value is -2.95. The van der Waals surface area contributed by atoms with Gasteiger partial charge in [-0.3, -0.25) is 9.69 Å². The number of nitrogens with zero attached hydrogens (tertiary/aromatic N) is 4. The summed E-state index contributed by atoms with van der Waals surface area (Å²) in [6.45, 7) is 1.99. The molecule has 1 amide bonds. The van der Waals surface area contributed by atoms with Gasteiger partial charge in [0.2, 0.25) is 5.91 Å². The summed E-state index contributed by atoms with van der Waals surface area (Å²) in [6.07, 6.45) is 5.38. The van der Waals surface area contributed by atoms with Gasteiger partial charge in [0.25, 0.3) is 0 Å². The standard InChI is InChI=1S/C23H25F3N6O3S/c1-14-11-31(22(6-7-27)12-32(13-22)36(34,35)23(24,25)26)9-5-16(14)18-10-19(30-21(33)15-2-3-15)29-20-17(18)4-8-28-20/h4-5,8,10,14-15H,2-3,6,9,11-13H2,1H3,(H2,28,29,30,33)/t14-/m1/s1. The molecule has 1 aliphatic carbocycles. The number of fused-ring (bicyclic) bond motifs is 1. The summed E-state index contributed by atoms with van der Waals surface area (Å²) in [5.74, 6) is 0.337. The van der Waals surface area contributed by atoms with Crippen molar-refractivity contribution in [2.45, 2.75) is 37.2 Å². The van der Waals surface area contributed by atoms with Crippen LogP contribution in [0.1, 0.15) is 31.7 Å². The minimum atomic E-state index is -5.43. The summed E-state index contributed by atoms with van der Waals surface area (Å²) in [7, 11) is -5.43. The first-order chi connectivity index (χ1) is 16.9. The fourth-order valence-corrected chi connectivity index (χ4v) is 6.20. The number of carbonyl (C=O) groups is 1. The van der Waals surface area contributed by atoms with Crippen molar-refractivity contribution in [1.82, 2.24) is 19.2 Å². The zero-order valence-corrected chi connectivity index (χ0v) is 20.3. The predicted molar refractivity (Wildman–Crippen MR) is 126 cm³/mol. The summed E-state index contributed by atoms with van der Waals surface area (Å²) in [6, 6.07) is 5.75. The second-order valence-electron chi connectivity index (χ2n) is 9.80. The van der Waals surface area contributed by atoms with Crippen LogP contribution in [-0.4, -0.2) is 70.7 Å². The molecule has 0 spiro atoms. The number of pyridine rings is 1. The SMILES string of the molecule is C[C@@H]1CN(C2(CC#N)CN(S(=O)(=O)C(F)(F)F)C2)CC=C1c1cc(NC(=O)C2CC2)nc2[nH]ccc12. The normalized spacial score (nSPS) is 23.1. The first-order valence-corrected chi connectivity index (χ1v) is 13.1. The van der Waals surface area contributed by atoms with E-state index in [9.17, 15) is 31.6 Å². The molecule has 1 atom stereocenters. The van der Waals surface area contributed by atoms with Crippen LogP contribution in [0.4, 0.5) is 19.0 Å². The second-order valence-corrected chi connectivity index (χ2v) is 11.7. The van der Waals surface area contributed by atoms with Crippen LogP contribution in [0.25, 0.3) is 16.6 Å². The van der Waals surface area contributed by atoms with Gasteiger partial charge in [-0.2, -0.15) is 22.7 Å². The lowest BCUT2D eigenvalue weighted by molar-refractivity contribution is -0.117. The number of alkyl halides is 3. The molecule has 36 heavy (non-hydrogen) atoms. The van der Waals surface area contributed by atoms with Crippen LogP contribution in [0.2, 0.25) is 0 Å². The summed E-state index contributed by atoms with van der Waals surface area (Å²) in [5.41, 5.74) is -3.84. The Morgan fingerprint density at radius 2 is 2.08 bits per heavy atom. The summed E-state index contributed by atoms with van der Waals surface area (Å²) < 4.78 is 63.0. The molecule has 2 fully saturated rings. The lowest BCUT2D eigenvalue weighted by Crippen LogP contribution is -2.72. The second kappa shape index (κ2) is 8.57. The average molecular weight is 523 g/mol. The zero-order valence-electron chi connectivity index (χ0n) is 19.5. The van der Waals surface area contributed by atoms with Crippen LogP contribution in [0.5, 0.6) is 0 Å². The maximum absolute atomic E-state index is 13.0. The van der Waals surface area contributed by atoms with Gasteiger partial charge in [-0.25, -0.2) is 13.4 Å². The number of amides is 1. The van der Waals surface area contributed by atoms with Gasteiger partial charge in [-0.15, -0.1) is 0 Å². The van der Waals surface area contributed by atoms with Crippen LogP contribution < -0.4 is 5.32 Å². The van der Waals surface area contributed by atoms with Crippen molar-refractivity contribution in [3.63, 3.8) is 0 Å². The van der Waals surface area contributed by atoms with Crippen LogP contribution in [0.3, 0.4) is 0 Å². The number of hydrogen-bond acceptors (Lipinski definition) is 6. The van der Waals surface area contributed by atoms with E-state index in [-0.39, 0.29) is 37.3 Å². The van der Waals surface area contributed by atoms with E-state index in [1.807, 2.05) is 36.1 Å². The van der Waals surface area contributed by atoms with Gasteiger partial charge in [-0.1, -0.05) is 13.0 Å². The van der Waals surface area contributed by atoms with Crippen molar-refractivity contribution in [3.8, 4) is 6.07 Å². The van der Waals surface area contributed by atoms with E-state index in [2.05, 4.69) is 15.3 Å². The Bertz CT molecular complexity index is 1380. The number of hydrogen-bond donors (Lipinski definition) is 2. The molecule has 1 saturated heterocycles. The largest absolute Gasteiger partial charge is 0.511 e. The highest BCUT2D eigenvalue weighted by Gasteiger charge is 2.59. The molecule has 2 aromatic heterocycles. The van der Waals surface area contributed by atoms with Crippen LogP contribution in [-0.2, 0) is 14.8 Å². The van der Waals surface area contributed by atoms with Crippen LogP contribution in [0.15, 0.2) is 24.4 Å². The molecule has 192 valence electrons. The number of aromatic amines is 1. The molecule has 2 aromatic rings. The first kappa shape index (κ1) is 24.7. The van der Waals surface area contributed by atoms with E-state index in [0.29, 0.717) is 28.9 Å². The Morgan fingerprint density at radius 3 is 2.69 bits per heavy atom. The zero-order chi connectivity index (χ0) is 25.9. The summed E-state index contributed by atoms with van der Waals surface area (Å²) in [5, 5.41) is 13.1. The average Bonchev–Trinajstić information content (AvgIpc) is 3.52. The highest BCUT2D eigenvalue weighted by atomic mass is 32.2. The number of anilines is 1. The van der Waals surface area contributed by atoms with Gasteiger partial charge < -0.3 is 10.3 Å². The number of aromatic nitrogens is 2. The van der Waals surface area contributed by atoms with E-state index < -0.39 is 21.1 Å². The van der Waals surface area contributed by atoms with E-state index >= 15 is 0 Å². The molecular weight excluding hydrogens is 497 g/mol. The van der Waals surface area contributed by atoms with Gasteiger partial charge in [0.1, 0.15) is 11.5 Å². The number of halogens is 3. The van der Waals surface area contributed by atoms with E-state index in [1.54, 1.807) is 6.20 Å². The van der Waals surface area contributed by atoms with Gasteiger partial charge >= 0.3 is 15.5 Å². The maximum Gasteiger partial charge on any atom is 0.511 e. The molecule has 0 radical (unpaired) electrons. The fraction of sp³-hybridized carbons (Fsp3) is 0.522. The first-order valence-electron chi connectivity index (χ1n) is 11.6. The third-order valence-electron chi connectivity index (χ3n) is 7.25. The third-order valence-corrected chi connectivity index (χ3v) is 8.77. The number of rotatable bonds is 6. The molecule has 2 aliphatic heterocycles. The van der Waals surface area contributed by atoms with Crippen molar-refractivity contribution in [1.29, 1.82) is 5.26 Å². The molecule has 13 heteroatoms. The maximum atomic E-state index is 13.0. The molecule has 2 N–H and O–H groups in total. The molecule has 3 aliphatic rings. The predicted octanol–water partition coefficient (Wildman–Crippen LogP) is 3.06. The Kier molecular flexibility index (Phi) is 5.89. The van der Waals surface area contributed by atoms with Crippen molar-refractivity contribution in [3.05, 3.63) is 30.0 Å². The number of H-pyrrole nitrogens is 1. The van der Waals surface area contributed by atoms with E-state index in [1.165, 1.54) is 0 Å². The highest BCUT2D eigenvalue weighted by molar-refractivity contribution is 7.90. The monoisotopic (exact) mass is 522 g/mol. The lowest BCUT2D eigenvalue weighted by atomic mass is 9.82. The summed E-state index contributed by atoms with van der Waals surface area (Å²) in [4.78, 5) is 21.8. The number of nitrogens with one attached hydrogen (secondary N) is 2. The Balaban J connectivity index is 1.40. The minimum Gasteiger partial charge on any atom is -0.346 e. The number of carbonyl (C=O) groups excluding carboxylic acids is 1. The van der Waals surface area contributed by atoms with Crippen molar-refractivity contribution >= 4 is 38.4 Å². The van der Waals surface area contributed by atoms with E-state index in [0.717, 1.165) is 29.4 Å². The van der Waals surface area contributed by atoms with Gasteiger partial charge in [0.15, 0.2) is 0 Å². The quantitative estimate of drug-likeness (QED) is 0.601. The van der Waals surface area contributed by atoms with Crippen molar-refractivity contribution in [2.75, 3.05) is 31.5 Å². The molecular formula is C23H25F3N6O3S. The van der Waals surface area contributed by atoms with Crippen molar-refractivity contribution in [2.24, 2.45) is 11.8 Å². The summed E-state index contributed by atoms with van der Waals surface area (Å²) >= 11 is 0. The van der Waals surface area contributed by atoms with Crippen molar-refractivity contribution < 1.29 is 26.4 Å². The Labute approximate surface area is 206 Å². The Morgan fingerprint density at radius 1 is 1.36 bits per heavy atom. The molecule has 9 nitrogen and oxygen atoms in total. The molecule has 5 rings (SSSR count). The lowest BCUT2D eigenvalue weighted by Gasteiger charge is -2.55. The molecule has 4 heterocycles. The smallest absolute Gasteiger partial charge is 0.346 e. The molecule has 0 unspecified atom stereocenters. The third kappa shape index (κ3) is 4.16. The van der Waals surface area contributed by atoms with Gasteiger partial charge in [0.05, 0.1) is 18.0 Å². The number of nitriles is 1. The minimum absolute atomic E-state index is 0.0236. The van der Waals surface area contributed by atoms with Gasteiger partial charge in [-0.05, 0) is 42.0 Å². The van der Waals surface area contributed by atoms with E-state index in [4.69, 9.17) is 0 Å². The molecule has 1 saturated carbocycles. The fourth-order valence-electron chi connectivity index (χ4n) is 5.09. The molecule has 0 aromatic carbocycles. The number of sulfonamides is 1. The van der Waals surface area contributed by atoms with Crippen LogP contribution in [0, 0.1) is 23.2 Å². The van der Waals surface area contributed by atoms with Crippen LogP contribution >= 0.6 is 0 Å². The van der Waals surface area contributed by atoms with Gasteiger partial charge in [0, 0.05) is 43.7 Å². The highest BCUT2D eigenvalue weighted by Crippen LogP contribution is 2.42.